The highest BCUT2D eigenvalue weighted by Gasteiger charge is 2.18. The number of alkyl halides is 3. The SMILES string of the molecule is COc1ncc(C(F)F)c(CBr)c1I. The Kier molecular flexibility index (Phi) is 4.49. The minimum atomic E-state index is -2.51. The number of pyridine rings is 1. The van der Waals surface area contributed by atoms with Crippen molar-refractivity contribution in [1.29, 1.82) is 0 Å². The molecule has 0 spiro atoms. The number of hydrogen-bond donors (Lipinski definition) is 0. The van der Waals surface area contributed by atoms with E-state index in [0.29, 0.717) is 20.3 Å². The van der Waals surface area contributed by atoms with Crippen LogP contribution in [0.2, 0.25) is 0 Å². The van der Waals surface area contributed by atoms with E-state index in [1.54, 1.807) is 0 Å². The normalized spacial score (nSPS) is 10.7. The van der Waals surface area contributed by atoms with E-state index < -0.39 is 6.43 Å². The fraction of sp³-hybridized carbons (Fsp3) is 0.375. The Hall–Kier alpha value is 0.0200. The Morgan fingerprint density at radius 2 is 2.29 bits per heavy atom. The molecule has 0 fully saturated rings. The summed E-state index contributed by atoms with van der Waals surface area (Å²) < 4.78 is 30.6. The first-order valence-corrected chi connectivity index (χ1v) is 5.87. The molecule has 0 atom stereocenters. The minimum absolute atomic E-state index is 0.0490. The Morgan fingerprint density at radius 1 is 1.64 bits per heavy atom. The largest absolute Gasteiger partial charge is 0.480 e. The molecule has 6 heteroatoms. The maximum Gasteiger partial charge on any atom is 0.265 e. The van der Waals surface area contributed by atoms with Crippen molar-refractivity contribution in [3.05, 3.63) is 20.9 Å². The fourth-order valence-electron chi connectivity index (χ4n) is 0.985. The van der Waals surface area contributed by atoms with Gasteiger partial charge < -0.3 is 4.74 Å². The third kappa shape index (κ3) is 2.33. The van der Waals surface area contributed by atoms with Crippen molar-refractivity contribution in [2.45, 2.75) is 11.8 Å². The van der Waals surface area contributed by atoms with Crippen LogP contribution in [-0.4, -0.2) is 12.1 Å². The highest BCUT2D eigenvalue weighted by atomic mass is 127. The van der Waals surface area contributed by atoms with E-state index in [1.807, 2.05) is 22.6 Å². The van der Waals surface area contributed by atoms with Gasteiger partial charge >= 0.3 is 0 Å². The van der Waals surface area contributed by atoms with Gasteiger partial charge in [0.25, 0.3) is 6.43 Å². The summed E-state index contributed by atoms with van der Waals surface area (Å²) in [4.78, 5) is 3.80. The molecule has 0 unspecified atom stereocenters. The van der Waals surface area contributed by atoms with Crippen LogP contribution in [0.4, 0.5) is 8.78 Å². The monoisotopic (exact) mass is 377 g/mol. The molecule has 0 N–H and O–H groups in total. The molecular formula is C8H7BrF2INO. The van der Waals surface area contributed by atoms with Crippen LogP contribution in [0.3, 0.4) is 0 Å². The first-order chi connectivity index (χ1) is 6.61. The van der Waals surface area contributed by atoms with E-state index in [-0.39, 0.29) is 5.56 Å². The van der Waals surface area contributed by atoms with Crippen molar-refractivity contribution >= 4 is 38.5 Å². The molecule has 0 bridgehead atoms. The molecule has 0 aliphatic carbocycles. The van der Waals surface area contributed by atoms with Crippen LogP contribution in [0.1, 0.15) is 17.6 Å². The van der Waals surface area contributed by atoms with Crippen LogP contribution in [0, 0.1) is 3.57 Å². The van der Waals surface area contributed by atoms with E-state index in [0.717, 1.165) is 6.20 Å². The minimum Gasteiger partial charge on any atom is -0.480 e. The molecule has 0 aromatic carbocycles. The summed E-state index contributed by atoms with van der Waals surface area (Å²) in [6.07, 6.45) is -1.35. The first-order valence-electron chi connectivity index (χ1n) is 3.67. The van der Waals surface area contributed by atoms with E-state index >= 15 is 0 Å². The lowest BCUT2D eigenvalue weighted by Gasteiger charge is -2.10. The lowest BCUT2D eigenvalue weighted by atomic mass is 10.2. The van der Waals surface area contributed by atoms with E-state index in [4.69, 9.17) is 4.74 Å². The fourth-order valence-corrected chi connectivity index (χ4v) is 2.97. The van der Waals surface area contributed by atoms with Crippen molar-refractivity contribution in [3.63, 3.8) is 0 Å². The third-order valence-corrected chi connectivity index (χ3v) is 3.36. The first kappa shape index (κ1) is 12.1. The molecule has 0 saturated heterocycles. The Labute approximate surface area is 102 Å². The number of methoxy groups -OCH3 is 1. The standard InChI is InChI=1S/C8H7BrF2INO/c1-14-8-6(12)4(2-9)5(3-13-8)7(10)11/h3,7H,2H2,1H3. The maximum atomic E-state index is 12.5. The summed E-state index contributed by atoms with van der Waals surface area (Å²) in [6, 6.07) is 0. The zero-order chi connectivity index (χ0) is 10.7. The summed E-state index contributed by atoms with van der Waals surface area (Å²) in [5.41, 5.74) is 0.486. The number of hydrogen-bond acceptors (Lipinski definition) is 2. The molecule has 78 valence electrons. The van der Waals surface area contributed by atoms with Crippen molar-refractivity contribution in [3.8, 4) is 5.88 Å². The second-order valence-electron chi connectivity index (χ2n) is 2.45. The Bertz CT molecular complexity index is 335. The van der Waals surface area contributed by atoms with Crippen molar-refractivity contribution < 1.29 is 13.5 Å². The summed E-state index contributed by atoms with van der Waals surface area (Å²) in [6.45, 7) is 0. The van der Waals surface area contributed by atoms with Gasteiger partial charge in [0.15, 0.2) is 0 Å². The molecule has 1 heterocycles. The van der Waals surface area contributed by atoms with Crippen LogP contribution in [-0.2, 0) is 5.33 Å². The second-order valence-corrected chi connectivity index (χ2v) is 4.09. The van der Waals surface area contributed by atoms with Gasteiger partial charge in [-0.15, -0.1) is 0 Å². The van der Waals surface area contributed by atoms with Gasteiger partial charge in [-0.1, -0.05) is 15.9 Å². The molecule has 0 aliphatic rings. The van der Waals surface area contributed by atoms with E-state index in [9.17, 15) is 8.78 Å². The molecule has 1 rings (SSSR count). The number of ether oxygens (including phenoxy) is 1. The van der Waals surface area contributed by atoms with Crippen LogP contribution < -0.4 is 4.74 Å². The average molecular weight is 378 g/mol. The van der Waals surface area contributed by atoms with Gasteiger partial charge in [0.05, 0.1) is 10.7 Å². The molecule has 0 amide bonds. The highest BCUT2D eigenvalue weighted by Crippen LogP contribution is 2.31. The van der Waals surface area contributed by atoms with E-state index in [1.165, 1.54) is 7.11 Å². The predicted molar refractivity (Wildman–Crippen MR) is 61.1 cm³/mol. The number of halogens is 4. The molecule has 0 saturated carbocycles. The Morgan fingerprint density at radius 3 is 2.71 bits per heavy atom. The second kappa shape index (κ2) is 5.20. The molecule has 1 aromatic heterocycles. The van der Waals surface area contributed by atoms with Gasteiger partial charge in [-0.3, -0.25) is 0 Å². The van der Waals surface area contributed by atoms with Crippen LogP contribution in [0.5, 0.6) is 5.88 Å². The molecule has 14 heavy (non-hydrogen) atoms. The molecule has 1 aromatic rings. The summed E-state index contributed by atoms with van der Waals surface area (Å²) in [5, 5.41) is 0.365. The quantitative estimate of drug-likeness (QED) is 0.594. The average Bonchev–Trinajstić information content (AvgIpc) is 2.17. The summed E-state index contributed by atoms with van der Waals surface area (Å²) >= 11 is 5.12. The van der Waals surface area contributed by atoms with Crippen molar-refractivity contribution in [2.24, 2.45) is 0 Å². The van der Waals surface area contributed by atoms with Gasteiger partial charge in [-0.05, 0) is 28.2 Å². The summed E-state index contributed by atoms with van der Waals surface area (Å²) in [7, 11) is 1.46. The zero-order valence-electron chi connectivity index (χ0n) is 7.23. The van der Waals surface area contributed by atoms with Crippen molar-refractivity contribution in [1.82, 2.24) is 4.98 Å². The highest BCUT2D eigenvalue weighted by molar-refractivity contribution is 14.1. The molecular weight excluding hydrogens is 371 g/mol. The molecule has 0 aliphatic heterocycles. The van der Waals surface area contributed by atoms with Crippen LogP contribution in [0.15, 0.2) is 6.20 Å². The molecule has 2 nitrogen and oxygen atoms in total. The van der Waals surface area contributed by atoms with Gasteiger partial charge in [0.2, 0.25) is 5.88 Å². The van der Waals surface area contributed by atoms with Crippen molar-refractivity contribution in [2.75, 3.05) is 7.11 Å². The zero-order valence-corrected chi connectivity index (χ0v) is 11.0. The van der Waals surface area contributed by atoms with Gasteiger partial charge in [-0.2, -0.15) is 0 Å². The van der Waals surface area contributed by atoms with Gasteiger partial charge in [-0.25, -0.2) is 13.8 Å². The predicted octanol–water partition coefficient (Wildman–Crippen LogP) is 3.53. The van der Waals surface area contributed by atoms with Crippen LogP contribution >= 0.6 is 38.5 Å². The van der Waals surface area contributed by atoms with Gasteiger partial charge in [0, 0.05) is 17.1 Å². The molecule has 0 radical (unpaired) electrons. The smallest absolute Gasteiger partial charge is 0.265 e. The lowest BCUT2D eigenvalue weighted by molar-refractivity contribution is 0.150. The topological polar surface area (TPSA) is 22.1 Å². The lowest BCUT2D eigenvalue weighted by Crippen LogP contribution is -2.01. The maximum absolute atomic E-state index is 12.5. The third-order valence-electron chi connectivity index (χ3n) is 1.68. The number of aromatic nitrogens is 1. The summed E-state index contributed by atoms with van der Waals surface area (Å²) in [5.74, 6) is 0.379. The number of rotatable bonds is 3. The van der Waals surface area contributed by atoms with Crippen LogP contribution in [0.25, 0.3) is 0 Å². The van der Waals surface area contributed by atoms with Gasteiger partial charge in [0.1, 0.15) is 0 Å². The Balaban J connectivity index is 3.28. The number of nitrogens with zero attached hydrogens (tertiary/aromatic N) is 1. The van der Waals surface area contributed by atoms with E-state index in [2.05, 4.69) is 20.9 Å².